The highest BCUT2D eigenvalue weighted by atomic mass is 16.6. The minimum absolute atomic E-state index is 0.0337. The molecule has 6 nitrogen and oxygen atoms in total. The van der Waals surface area contributed by atoms with Crippen LogP contribution in [0.3, 0.4) is 0 Å². The molecule has 0 unspecified atom stereocenters. The maximum atomic E-state index is 11.9. The van der Waals surface area contributed by atoms with Crippen LogP contribution < -0.4 is 10.6 Å². The summed E-state index contributed by atoms with van der Waals surface area (Å²) in [6.45, 7) is 4.23. The molecule has 0 spiro atoms. The smallest absolute Gasteiger partial charge is 0.272 e. The van der Waals surface area contributed by atoms with Gasteiger partial charge >= 0.3 is 0 Å². The average molecular weight is 319 g/mol. The number of amides is 1. The summed E-state index contributed by atoms with van der Waals surface area (Å²) < 4.78 is 0. The van der Waals surface area contributed by atoms with Gasteiger partial charge < -0.3 is 10.6 Å². The van der Waals surface area contributed by atoms with E-state index in [-0.39, 0.29) is 22.6 Å². The van der Waals surface area contributed by atoms with Gasteiger partial charge in [-0.1, -0.05) is 25.0 Å². The molecule has 6 heteroatoms. The van der Waals surface area contributed by atoms with E-state index in [9.17, 15) is 14.9 Å². The minimum atomic E-state index is -0.361. The molecular formula is C17H25N3O3. The van der Waals surface area contributed by atoms with Gasteiger partial charge in [-0.2, -0.15) is 0 Å². The van der Waals surface area contributed by atoms with E-state index in [1.54, 1.807) is 19.1 Å². The van der Waals surface area contributed by atoms with Gasteiger partial charge in [-0.05, 0) is 32.3 Å². The quantitative estimate of drug-likeness (QED) is 0.597. The summed E-state index contributed by atoms with van der Waals surface area (Å²) in [5.74, 6) is 0.0755. The second kappa shape index (κ2) is 8.06. The fourth-order valence-electron chi connectivity index (χ4n) is 2.98. The number of benzene rings is 1. The molecule has 0 saturated heterocycles. The number of carbonyl (C=O) groups excluding carboxylic acids is 1. The predicted octanol–water partition coefficient (Wildman–Crippen LogP) is 3.00. The lowest BCUT2D eigenvalue weighted by Crippen LogP contribution is -2.34. The van der Waals surface area contributed by atoms with E-state index in [1.807, 2.05) is 13.0 Å². The molecule has 23 heavy (non-hydrogen) atoms. The Bertz CT molecular complexity index is 568. The second-order valence-electron chi connectivity index (χ2n) is 6.28. The lowest BCUT2D eigenvalue weighted by molar-refractivity contribution is -0.385. The van der Waals surface area contributed by atoms with Crippen LogP contribution in [0.25, 0.3) is 0 Å². The van der Waals surface area contributed by atoms with Crippen molar-refractivity contribution < 1.29 is 9.72 Å². The Morgan fingerprint density at radius 3 is 2.74 bits per heavy atom. The molecule has 0 radical (unpaired) electrons. The maximum Gasteiger partial charge on any atom is 0.272 e. The Hall–Kier alpha value is -1.95. The number of nitrogens with zero attached hydrogens (tertiary/aromatic N) is 1. The van der Waals surface area contributed by atoms with Crippen LogP contribution in [-0.4, -0.2) is 23.4 Å². The maximum absolute atomic E-state index is 11.9. The molecule has 1 aromatic carbocycles. The first-order chi connectivity index (χ1) is 11.0. The van der Waals surface area contributed by atoms with Gasteiger partial charge in [0, 0.05) is 36.7 Å². The zero-order valence-electron chi connectivity index (χ0n) is 13.8. The van der Waals surface area contributed by atoms with Crippen LogP contribution in [0.5, 0.6) is 0 Å². The van der Waals surface area contributed by atoms with Gasteiger partial charge in [-0.25, -0.2) is 0 Å². The number of rotatable bonds is 7. The summed E-state index contributed by atoms with van der Waals surface area (Å²) in [4.78, 5) is 22.5. The van der Waals surface area contributed by atoms with Crippen molar-refractivity contribution in [2.75, 3.05) is 6.54 Å². The van der Waals surface area contributed by atoms with Crippen LogP contribution in [-0.2, 0) is 4.79 Å². The van der Waals surface area contributed by atoms with Crippen LogP contribution in [0, 0.1) is 17.0 Å². The molecule has 1 aliphatic carbocycles. The van der Waals surface area contributed by atoms with Gasteiger partial charge in [0.25, 0.3) is 5.69 Å². The highest BCUT2D eigenvalue weighted by Gasteiger charge is 2.17. The Kier molecular flexibility index (Phi) is 6.10. The number of hydrogen-bond donors (Lipinski definition) is 2. The molecule has 1 saturated carbocycles. The highest BCUT2D eigenvalue weighted by Crippen LogP contribution is 2.23. The molecule has 2 N–H and O–H groups in total. The minimum Gasteiger partial charge on any atom is -0.353 e. The van der Waals surface area contributed by atoms with Crippen molar-refractivity contribution >= 4 is 11.6 Å². The van der Waals surface area contributed by atoms with Gasteiger partial charge in [-0.3, -0.25) is 14.9 Å². The lowest BCUT2D eigenvalue weighted by atomic mass is 10.0. The molecular weight excluding hydrogens is 294 g/mol. The third-order valence-corrected chi connectivity index (χ3v) is 4.45. The first-order valence-electron chi connectivity index (χ1n) is 8.25. The van der Waals surface area contributed by atoms with Crippen molar-refractivity contribution in [1.29, 1.82) is 0 Å². The molecule has 126 valence electrons. The standard InChI is InChI=1S/C17H25N3O3/c1-12-7-8-14(11-16(12)20(22)23)13(2)18-10-9-17(21)19-15-5-3-4-6-15/h7-8,11,13,15,18H,3-6,9-10H2,1-2H3,(H,19,21)/t13-/m1/s1. The molecule has 1 aromatic rings. The van der Waals surface area contributed by atoms with E-state index >= 15 is 0 Å². The number of aryl methyl sites for hydroxylation is 1. The van der Waals surface area contributed by atoms with Crippen LogP contribution in [0.1, 0.15) is 56.2 Å². The second-order valence-corrected chi connectivity index (χ2v) is 6.28. The normalized spacial score (nSPS) is 16.3. The van der Waals surface area contributed by atoms with Gasteiger partial charge in [-0.15, -0.1) is 0 Å². The highest BCUT2D eigenvalue weighted by molar-refractivity contribution is 5.76. The van der Waals surface area contributed by atoms with Gasteiger partial charge in [0.2, 0.25) is 5.91 Å². The summed E-state index contributed by atoms with van der Waals surface area (Å²) in [7, 11) is 0. The van der Waals surface area contributed by atoms with Crippen molar-refractivity contribution in [2.24, 2.45) is 0 Å². The van der Waals surface area contributed by atoms with Gasteiger partial charge in [0.15, 0.2) is 0 Å². The van der Waals surface area contributed by atoms with Crippen molar-refractivity contribution in [3.63, 3.8) is 0 Å². The Labute approximate surface area is 136 Å². The predicted molar refractivity (Wildman–Crippen MR) is 89.3 cm³/mol. The zero-order valence-corrected chi connectivity index (χ0v) is 13.8. The molecule has 0 bridgehead atoms. The molecule has 2 rings (SSSR count). The van der Waals surface area contributed by atoms with E-state index in [4.69, 9.17) is 0 Å². The number of hydrogen-bond acceptors (Lipinski definition) is 4. The molecule has 0 aliphatic heterocycles. The van der Waals surface area contributed by atoms with Crippen molar-refractivity contribution in [2.45, 2.75) is 58.0 Å². The average Bonchev–Trinajstić information content (AvgIpc) is 3.00. The summed E-state index contributed by atoms with van der Waals surface area (Å²) in [6.07, 6.45) is 5.00. The van der Waals surface area contributed by atoms with E-state index in [0.29, 0.717) is 24.6 Å². The molecule has 1 atom stereocenters. The molecule has 0 heterocycles. The lowest BCUT2D eigenvalue weighted by Gasteiger charge is -2.16. The van der Waals surface area contributed by atoms with Crippen LogP contribution in [0.2, 0.25) is 0 Å². The zero-order chi connectivity index (χ0) is 16.8. The summed E-state index contributed by atoms with van der Waals surface area (Å²) in [6, 6.07) is 5.57. The molecule has 1 amide bonds. The number of nitro groups is 1. The van der Waals surface area contributed by atoms with E-state index in [0.717, 1.165) is 18.4 Å². The van der Waals surface area contributed by atoms with Crippen LogP contribution in [0.4, 0.5) is 5.69 Å². The van der Waals surface area contributed by atoms with Gasteiger partial charge in [0.05, 0.1) is 4.92 Å². The Balaban J connectivity index is 1.80. The van der Waals surface area contributed by atoms with Crippen LogP contribution in [0.15, 0.2) is 18.2 Å². The van der Waals surface area contributed by atoms with E-state index in [2.05, 4.69) is 10.6 Å². The van der Waals surface area contributed by atoms with Crippen molar-refractivity contribution in [3.8, 4) is 0 Å². The molecule has 0 aromatic heterocycles. The fourth-order valence-corrected chi connectivity index (χ4v) is 2.98. The largest absolute Gasteiger partial charge is 0.353 e. The first-order valence-corrected chi connectivity index (χ1v) is 8.25. The third-order valence-electron chi connectivity index (χ3n) is 4.45. The summed E-state index contributed by atoms with van der Waals surface area (Å²) >= 11 is 0. The number of nitrogens with one attached hydrogen (secondary N) is 2. The molecule has 1 aliphatic rings. The topological polar surface area (TPSA) is 84.3 Å². The molecule has 1 fully saturated rings. The monoisotopic (exact) mass is 319 g/mol. The summed E-state index contributed by atoms with van der Waals surface area (Å²) in [5, 5.41) is 17.3. The number of carbonyl (C=O) groups is 1. The first kappa shape index (κ1) is 17.4. The van der Waals surface area contributed by atoms with E-state index in [1.165, 1.54) is 12.8 Å². The van der Waals surface area contributed by atoms with Crippen molar-refractivity contribution in [1.82, 2.24) is 10.6 Å². The Morgan fingerprint density at radius 1 is 1.39 bits per heavy atom. The summed E-state index contributed by atoms with van der Waals surface area (Å²) in [5.41, 5.74) is 1.65. The Morgan fingerprint density at radius 2 is 2.09 bits per heavy atom. The van der Waals surface area contributed by atoms with Crippen LogP contribution >= 0.6 is 0 Å². The van der Waals surface area contributed by atoms with Crippen molar-refractivity contribution in [3.05, 3.63) is 39.4 Å². The SMILES string of the molecule is Cc1ccc([C@@H](C)NCCC(=O)NC2CCCC2)cc1[N+](=O)[O-]. The van der Waals surface area contributed by atoms with Gasteiger partial charge in [0.1, 0.15) is 0 Å². The third kappa shape index (κ3) is 5.03. The fraction of sp³-hybridized carbons (Fsp3) is 0.588. The van der Waals surface area contributed by atoms with E-state index < -0.39 is 0 Å². The number of nitro benzene ring substituents is 1.